The van der Waals surface area contributed by atoms with Gasteiger partial charge < -0.3 is 0 Å². The lowest BCUT2D eigenvalue weighted by Crippen LogP contribution is -2.18. The number of thioether (sulfide) groups is 6. The summed E-state index contributed by atoms with van der Waals surface area (Å²) in [4.78, 5) is 3.06. The van der Waals surface area contributed by atoms with Crippen molar-refractivity contribution in [2.75, 3.05) is 11.5 Å². The van der Waals surface area contributed by atoms with Gasteiger partial charge in [-0.2, -0.15) is 0 Å². The monoisotopic (exact) mass is 386 g/mol. The second kappa shape index (κ2) is 5.85. The van der Waals surface area contributed by atoms with Gasteiger partial charge in [0.1, 0.15) is 0 Å². The predicted molar refractivity (Wildman–Crippen MR) is 106 cm³/mol. The molecule has 1 aromatic rings. The number of rotatable bonds is 4. The van der Waals surface area contributed by atoms with Crippen molar-refractivity contribution in [1.29, 1.82) is 0 Å². The molecule has 4 unspecified atom stereocenters. The molecule has 6 heteroatoms. The SMILES string of the molecule is C1=Cc2cc3c(cc2C1)SC(SC1CS1)C(SC1CS1)S3. The minimum Gasteiger partial charge on any atom is -0.145 e. The van der Waals surface area contributed by atoms with E-state index in [0.29, 0.717) is 0 Å². The quantitative estimate of drug-likeness (QED) is 0.603. The van der Waals surface area contributed by atoms with Crippen molar-refractivity contribution in [1.82, 2.24) is 0 Å². The number of benzene rings is 1. The molecule has 2 fully saturated rings. The minimum atomic E-state index is 0.720. The van der Waals surface area contributed by atoms with E-state index in [9.17, 15) is 0 Å². The molecule has 0 saturated carbocycles. The van der Waals surface area contributed by atoms with Crippen LogP contribution in [0.15, 0.2) is 28.0 Å². The predicted octanol–water partition coefficient (Wildman–Crippen LogP) is 5.72. The Kier molecular flexibility index (Phi) is 4.01. The summed E-state index contributed by atoms with van der Waals surface area (Å²) in [6.45, 7) is 0. The van der Waals surface area contributed by atoms with Crippen molar-refractivity contribution in [3.05, 3.63) is 29.3 Å². The van der Waals surface area contributed by atoms with E-state index >= 15 is 0 Å². The molecule has 0 bridgehead atoms. The van der Waals surface area contributed by atoms with E-state index in [1.54, 1.807) is 0 Å². The summed E-state index contributed by atoms with van der Waals surface area (Å²) in [5.41, 5.74) is 2.98. The van der Waals surface area contributed by atoms with E-state index < -0.39 is 0 Å². The van der Waals surface area contributed by atoms with Crippen LogP contribution in [0.1, 0.15) is 11.1 Å². The maximum absolute atomic E-state index is 2.46. The van der Waals surface area contributed by atoms with Gasteiger partial charge in [-0.05, 0) is 29.7 Å². The maximum Gasteiger partial charge on any atom is 0.0775 e. The van der Waals surface area contributed by atoms with Gasteiger partial charge in [0, 0.05) is 21.3 Å². The molecular formula is C15H14S6. The van der Waals surface area contributed by atoms with Crippen LogP contribution in [0.25, 0.3) is 6.08 Å². The fourth-order valence-corrected chi connectivity index (χ4v) is 11.5. The van der Waals surface area contributed by atoms with Crippen molar-refractivity contribution < 1.29 is 0 Å². The van der Waals surface area contributed by atoms with Crippen LogP contribution in [0, 0.1) is 0 Å². The number of allylic oxidation sites excluding steroid dienone is 1. The molecule has 21 heavy (non-hydrogen) atoms. The highest BCUT2D eigenvalue weighted by atomic mass is 32.2. The van der Waals surface area contributed by atoms with Crippen molar-refractivity contribution in [3.8, 4) is 0 Å². The van der Waals surface area contributed by atoms with Crippen LogP contribution < -0.4 is 0 Å². The first-order valence-electron chi connectivity index (χ1n) is 7.06. The molecule has 0 amide bonds. The second-order valence-corrected chi connectivity index (χ2v) is 14.1. The van der Waals surface area contributed by atoms with Crippen molar-refractivity contribution >= 4 is 76.6 Å². The van der Waals surface area contributed by atoms with E-state index in [4.69, 9.17) is 0 Å². The topological polar surface area (TPSA) is 0 Å². The minimum absolute atomic E-state index is 0.720. The first-order chi connectivity index (χ1) is 10.3. The summed E-state index contributed by atoms with van der Waals surface area (Å²) >= 11 is 12.9. The Labute approximate surface area is 151 Å². The molecule has 1 aliphatic carbocycles. The van der Waals surface area contributed by atoms with Crippen molar-refractivity contribution in [3.63, 3.8) is 0 Å². The molecule has 1 aromatic carbocycles. The van der Waals surface area contributed by atoms with E-state index in [2.05, 4.69) is 94.9 Å². The molecule has 0 N–H and O–H groups in total. The maximum atomic E-state index is 2.46. The summed E-state index contributed by atoms with van der Waals surface area (Å²) in [6, 6.07) is 4.90. The van der Waals surface area contributed by atoms with Crippen LogP contribution in [0.3, 0.4) is 0 Å². The van der Waals surface area contributed by atoms with Gasteiger partial charge in [-0.15, -0.1) is 70.6 Å². The standard InChI is InChI=1S/C15H14S6/c1-2-8-4-10-11(5-9(8)3-1)19-15(21-13-7-17-13)14(18-10)20-12-6-16-12/h1-2,4-5,12-15H,3,6-7H2. The molecule has 0 aromatic heterocycles. The summed E-state index contributed by atoms with van der Waals surface area (Å²) in [5.74, 6) is 2.73. The zero-order valence-corrected chi connectivity index (χ0v) is 16.1. The summed E-state index contributed by atoms with van der Waals surface area (Å²) in [7, 11) is 0. The fraction of sp³-hybridized carbons (Fsp3) is 0.467. The molecule has 110 valence electrons. The van der Waals surface area contributed by atoms with Gasteiger partial charge >= 0.3 is 0 Å². The van der Waals surface area contributed by atoms with Gasteiger partial charge in [-0.1, -0.05) is 12.2 Å². The molecule has 0 nitrogen and oxygen atoms in total. The lowest BCUT2D eigenvalue weighted by Gasteiger charge is -2.31. The Morgan fingerprint density at radius 2 is 1.52 bits per heavy atom. The Morgan fingerprint density at radius 1 is 0.905 bits per heavy atom. The van der Waals surface area contributed by atoms with E-state index in [1.165, 1.54) is 32.4 Å². The third kappa shape index (κ3) is 3.18. The molecule has 2 saturated heterocycles. The van der Waals surface area contributed by atoms with E-state index in [1.807, 2.05) is 0 Å². The number of hydrogen-bond donors (Lipinski definition) is 0. The van der Waals surface area contributed by atoms with Crippen LogP contribution in [-0.2, 0) is 6.42 Å². The van der Waals surface area contributed by atoms with Gasteiger partial charge in [0.2, 0.25) is 0 Å². The van der Waals surface area contributed by atoms with Crippen molar-refractivity contribution in [2.45, 2.75) is 34.5 Å². The smallest absolute Gasteiger partial charge is 0.0775 e. The highest BCUT2D eigenvalue weighted by Crippen LogP contribution is 2.59. The van der Waals surface area contributed by atoms with Gasteiger partial charge in [-0.25, -0.2) is 0 Å². The molecule has 4 aliphatic rings. The average molecular weight is 387 g/mol. The second-order valence-electron chi connectivity index (χ2n) is 5.37. The normalized spacial score (nSPS) is 35.4. The molecule has 5 rings (SSSR count). The Balaban J connectivity index is 1.44. The highest BCUT2D eigenvalue weighted by molar-refractivity contribution is 8.33. The summed E-state index contributed by atoms with van der Waals surface area (Å²) in [6.07, 6.45) is 5.72. The fourth-order valence-electron chi connectivity index (χ4n) is 2.53. The largest absolute Gasteiger partial charge is 0.145 e. The van der Waals surface area contributed by atoms with Crippen LogP contribution in [0.5, 0.6) is 0 Å². The lowest BCUT2D eigenvalue weighted by molar-refractivity contribution is 1.14. The van der Waals surface area contributed by atoms with Gasteiger partial charge in [0.05, 0.1) is 18.3 Å². The Morgan fingerprint density at radius 3 is 2.14 bits per heavy atom. The van der Waals surface area contributed by atoms with Crippen LogP contribution in [0.4, 0.5) is 0 Å². The van der Waals surface area contributed by atoms with E-state index in [-0.39, 0.29) is 0 Å². The summed E-state index contributed by atoms with van der Waals surface area (Å²) in [5, 5.41) is 0. The molecule has 0 spiro atoms. The van der Waals surface area contributed by atoms with Gasteiger partial charge in [0.15, 0.2) is 0 Å². The van der Waals surface area contributed by atoms with Gasteiger partial charge in [-0.3, -0.25) is 0 Å². The Hall–Kier alpha value is 1.06. The first-order valence-corrected chi connectivity index (χ1v) is 12.8. The molecule has 4 atom stereocenters. The summed E-state index contributed by atoms with van der Waals surface area (Å²) < 4.78 is 3.18. The van der Waals surface area contributed by atoms with Crippen molar-refractivity contribution in [2.24, 2.45) is 0 Å². The molecular weight excluding hydrogens is 373 g/mol. The molecule has 3 heterocycles. The zero-order valence-electron chi connectivity index (χ0n) is 11.2. The first kappa shape index (κ1) is 14.4. The highest BCUT2D eigenvalue weighted by Gasteiger charge is 2.39. The third-order valence-electron chi connectivity index (χ3n) is 3.73. The number of hydrogen-bond acceptors (Lipinski definition) is 6. The number of fused-ring (bicyclic) bond motifs is 2. The van der Waals surface area contributed by atoms with E-state index in [0.717, 1.165) is 24.7 Å². The molecule has 0 radical (unpaired) electrons. The third-order valence-corrected chi connectivity index (χ3v) is 13.2. The Bertz CT molecular complexity index is 604. The average Bonchev–Trinajstić information content (AvgIpc) is 3.39. The van der Waals surface area contributed by atoms with Crippen LogP contribution in [-0.4, -0.2) is 29.8 Å². The molecule has 3 aliphatic heterocycles. The van der Waals surface area contributed by atoms with Crippen LogP contribution >= 0.6 is 70.6 Å². The lowest BCUT2D eigenvalue weighted by atomic mass is 10.1. The van der Waals surface area contributed by atoms with Gasteiger partial charge in [0.25, 0.3) is 0 Å². The zero-order chi connectivity index (χ0) is 13.8. The van der Waals surface area contributed by atoms with Crippen LogP contribution in [0.2, 0.25) is 0 Å².